The van der Waals surface area contributed by atoms with E-state index >= 15 is 0 Å². The topological polar surface area (TPSA) is 93.5 Å². The summed E-state index contributed by atoms with van der Waals surface area (Å²) in [4.78, 5) is 15.0. The van der Waals surface area contributed by atoms with Gasteiger partial charge in [0.25, 0.3) is 0 Å². The quantitative estimate of drug-likeness (QED) is 0.678. The van der Waals surface area contributed by atoms with E-state index in [2.05, 4.69) is 10.1 Å². The Labute approximate surface area is 108 Å². The molecule has 0 spiro atoms. The van der Waals surface area contributed by atoms with Crippen molar-refractivity contribution in [1.29, 1.82) is 0 Å². The second-order valence-electron chi connectivity index (χ2n) is 4.07. The van der Waals surface area contributed by atoms with E-state index in [1.54, 1.807) is 18.5 Å². The molecule has 0 fully saturated rings. The minimum Gasteiger partial charge on any atom is -0.476 e. The van der Waals surface area contributed by atoms with E-state index in [-0.39, 0.29) is 5.69 Å². The molecule has 0 aliphatic rings. The molecule has 2 aromatic heterocycles. The first-order valence-corrected chi connectivity index (χ1v) is 5.59. The lowest BCUT2D eigenvalue weighted by atomic mass is 10.1. The van der Waals surface area contributed by atoms with Crippen molar-refractivity contribution in [3.05, 3.63) is 48.4 Å². The number of carbonyl (C=O) groups is 1. The molecule has 0 radical (unpaired) electrons. The summed E-state index contributed by atoms with van der Waals surface area (Å²) in [5, 5.41) is 12.8. The summed E-state index contributed by atoms with van der Waals surface area (Å²) in [6.45, 7) is 0. The predicted molar refractivity (Wildman–Crippen MR) is 69.8 cm³/mol. The van der Waals surface area contributed by atoms with E-state index in [4.69, 9.17) is 10.8 Å². The summed E-state index contributed by atoms with van der Waals surface area (Å²) in [5.41, 5.74) is 8.60. The number of nitrogens with two attached hydrogens (primary N) is 1. The molecule has 3 rings (SSSR count). The van der Waals surface area contributed by atoms with Gasteiger partial charge in [-0.15, -0.1) is 0 Å². The highest BCUT2D eigenvalue weighted by Crippen LogP contribution is 2.24. The SMILES string of the molecule is Nc1ccccc1-c1cnc2cc(C(=O)O)nn2c1. The molecule has 0 amide bonds. The van der Waals surface area contributed by atoms with Gasteiger partial charge in [-0.2, -0.15) is 5.10 Å². The fourth-order valence-corrected chi connectivity index (χ4v) is 1.88. The minimum atomic E-state index is -1.08. The Hall–Kier alpha value is -2.89. The Morgan fingerprint density at radius 3 is 2.84 bits per heavy atom. The van der Waals surface area contributed by atoms with Gasteiger partial charge in [-0.05, 0) is 6.07 Å². The average molecular weight is 254 g/mol. The van der Waals surface area contributed by atoms with Gasteiger partial charge in [0, 0.05) is 35.3 Å². The number of anilines is 1. The van der Waals surface area contributed by atoms with Crippen molar-refractivity contribution in [3.8, 4) is 11.1 Å². The maximum absolute atomic E-state index is 10.9. The van der Waals surface area contributed by atoms with Gasteiger partial charge in [-0.3, -0.25) is 0 Å². The maximum Gasteiger partial charge on any atom is 0.356 e. The fraction of sp³-hybridized carbons (Fsp3) is 0. The number of carboxylic acids is 1. The third kappa shape index (κ3) is 1.89. The summed E-state index contributed by atoms with van der Waals surface area (Å²) < 4.78 is 1.44. The van der Waals surface area contributed by atoms with Gasteiger partial charge in [-0.1, -0.05) is 18.2 Å². The molecule has 0 unspecified atom stereocenters. The van der Waals surface area contributed by atoms with Crippen LogP contribution in [0.1, 0.15) is 10.5 Å². The zero-order valence-corrected chi connectivity index (χ0v) is 9.82. The van der Waals surface area contributed by atoms with E-state index in [0.29, 0.717) is 11.3 Å². The van der Waals surface area contributed by atoms with Crippen LogP contribution in [-0.2, 0) is 0 Å². The summed E-state index contributed by atoms with van der Waals surface area (Å²) in [6.07, 6.45) is 3.36. The highest BCUT2D eigenvalue weighted by Gasteiger charge is 2.10. The van der Waals surface area contributed by atoms with E-state index in [1.807, 2.05) is 18.2 Å². The molecule has 2 heterocycles. The number of carboxylic acid groups (broad SMARTS) is 1. The largest absolute Gasteiger partial charge is 0.476 e. The number of aromatic carboxylic acids is 1. The first-order chi connectivity index (χ1) is 9.15. The Bertz CT molecular complexity index is 779. The number of nitrogens with zero attached hydrogens (tertiary/aromatic N) is 3. The summed E-state index contributed by atoms with van der Waals surface area (Å²) >= 11 is 0. The summed E-state index contributed by atoms with van der Waals surface area (Å²) in [5.74, 6) is -1.08. The van der Waals surface area contributed by atoms with Crippen LogP contribution in [0.25, 0.3) is 16.8 Å². The molecule has 0 saturated carbocycles. The van der Waals surface area contributed by atoms with Gasteiger partial charge < -0.3 is 10.8 Å². The second kappa shape index (κ2) is 4.09. The predicted octanol–water partition coefficient (Wildman–Crippen LogP) is 1.68. The molecule has 3 aromatic rings. The first kappa shape index (κ1) is 11.2. The van der Waals surface area contributed by atoms with Crippen molar-refractivity contribution in [3.63, 3.8) is 0 Å². The first-order valence-electron chi connectivity index (χ1n) is 5.59. The molecule has 1 aromatic carbocycles. The highest BCUT2D eigenvalue weighted by atomic mass is 16.4. The molecule has 6 nitrogen and oxygen atoms in total. The van der Waals surface area contributed by atoms with Crippen molar-refractivity contribution < 1.29 is 9.90 Å². The van der Waals surface area contributed by atoms with Crippen LogP contribution in [-0.4, -0.2) is 25.7 Å². The van der Waals surface area contributed by atoms with E-state index in [1.165, 1.54) is 10.6 Å². The number of para-hydroxylation sites is 1. The lowest BCUT2D eigenvalue weighted by Crippen LogP contribution is -1.98. The van der Waals surface area contributed by atoms with Crippen LogP contribution in [0.3, 0.4) is 0 Å². The van der Waals surface area contributed by atoms with Gasteiger partial charge in [-0.25, -0.2) is 14.3 Å². The highest BCUT2D eigenvalue weighted by molar-refractivity contribution is 5.86. The van der Waals surface area contributed by atoms with Gasteiger partial charge in [0.1, 0.15) is 0 Å². The minimum absolute atomic E-state index is 0.0364. The van der Waals surface area contributed by atoms with E-state index in [0.717, 1.165) is 11.1 Å². The lowest BCUT2D eigenvalue weighted by molar-refractivity contribution is 0.0690. The smallest absolute Gasteiger partial charge is 0.356 e. The molecule has 0 bridgehead atoms. The molecule has 94 valence electrons. The normalized spacial score (nSPS) is 10.7. The zero-order chi connectivity index (χ0) is 13.4. The Kier molecular flexibility index (Phi) is 2.42. The maximum atomic E-state index is 10.9. The van der Waals surface area contributed by atoms with Crippen molar-refractivity contribution in [2.24, 2.45) is 0 Å². The monoisotopic (exact) mass is 254 g/mol. The van der Waals surface area contributed by atoms with Crippen molar-refractivity contribution in [2.75, 3.05) is 5.73 Å². The van der Waals surface area contributed by atoms with Crippen LogP contribution in [0, 0.1) is 0 Å². The second-order valence-corrected chi connectivity index (χ2v) is 4.07. The van der Waals surface area contributed by atoms with Gasteiger partial charge in [0.15, 0.2) is 11.3 Å². The summed E-state index contributed by atoms with van der Waals surface area (Å²) in [7, 11) is 0. The number of hydrogen-bond acceptors (Lipinski definition) is 4. The standard InChI is InChI=1S/C13H10N4O2/c14-10-4-2-1-3-9(10)8-6-15-12-5-11(13(18)19)16-17(12)7-8/h1-7H,14H2,(H,18,19). The average Bonchev–Trinajstić information content (AvgIpc) is 2.82. The number of aromatic nitrogens is 3. The number of rotatable bonds is 2. The third-order valence-electron chi connectivity index (χ3n) is 2.80. The van der Waals surface area contributed by atoms with Crippen molar-refractivity contribution in [1.82, 2.24) is 14.6 Å². The van der Waals surface area contributed by atoms with E-state index < -0.39 is 5.97 Å². The fourth-order valence-electron chi connectivity index (χ4n) is 1.88. The van der Waals surface area contributed by atoms with Gasteiger partial charge in [0.05, 0.1) is 0 Å². The van der Waals surface area contributed by atoms with Gasteiger partial charge in [0.2, 0.25) is 0 Å². The third-order valence-corrected chi connectivity index (χ3v) is 2.80. The number of nitrogen functional groups attached to an aromatic ring is 1. The molecule has 0 saturated heterocycles. The van der Waals surface area contributed by atoms with Crippen LogP contribution in [0.2, 0.25) is 0 Å². The van der Waals surface area contributed by atoms with Crippen LogP contribution in [0.5, 0.6) is 0 Å². The number of fused-ring (bicyclic) bond motifs is 1. The molecule has 19 heavy (non-hydrogen) atoms. The number of hydrogen-bond donors (Lipinski definition) is 2. The molecule has 0 aliphatic heterocycles. The number of benzene rings is 1. The van der Waals surface area contributed by atoms with Gasteiger partial charge >= 0.3 is 5.97 Å². The van der Waals surface area contributed by atoms with E-state index in [9.17, 15) is 4.79 Å². The Morgan fingerprint density at radius 2 is 2.11 bits per heavy atom. The Balaban J connectivity index is 2.16. The van der Waals surface area contributed by atoms with Crippen LogP contribution in [0.4, 0.5) is 5.69 Å². The van der Waals surface area contributed by atoms with Crippen molar-refractivity contribution in [2.45, 2.75) is 0 Å². The molecule has 0 atom stereocenters. The Morgan fingerprint density at radius 1 is 1.32 bits per heavy atom. The van der Waals surface area contributed by atoms with Crippen LogP contribution < -0.4 is 5.73 Å². The zero-order valence-electron chi connectivity index (χ0n) is 9.82. The molecule has 3 N–H and O–H groups in total. The lowest BCUT2D eigenvalue weighted by Gasteiger charge is -2.04. The van der Waals surface area contributed by atoms with Crippen molar-refractivity contribution >= 4 is 17.3 Å². The summed E-state index contributed by atoms with van der Waals surface area (Å²) in [6, 6.07) is 8.81. The van der Waals surface area contributed by atoms with Crippen LogP contribution in [0.15, 0.2) is 42.7 Å². The molecule has 6 heteroatoms. The molecule has 0 aliphatic carbocycles. The molecular formula is C13H10N4O2. The van der Waals surface area contributed by atoms with Crippen LogP contribution >= 0.6 is 0 Å². The molecular weight excluding hydrogens is 244 g/mol.